The molecule has 0 bridgehead atoms. The van der Waals surface area contributed by atoms with Gasteiger partial charge in [-0.3, -0.25) is 43.5 Å². The Morgan fingerprint density at radius 2 is 1.08 bits per heavy atom. The monoisotopic (exact) mass is 902 g/mol. The smallest absolute Gasteiger partial charge is 0.320 e. The van der Waals surface area contributed by atoms with Crippen molar-refractivity contribution in [3.8, 4) is 0 Å². The third-order valence-electron chi connectivity index (χ3n) is 8.74. The van der Waals surface area contributed by atoms with Gasteiger partial charge in [-0.2, -0.15) is 0 Å². The second kappa shape index (κ2) is 25.8. The summed E-state index contributed by atoms with van der Waals surface area (Å²) in [5, 5.41) is 72.4. The minimum Gasteiger partial charge on any atom is -0.480 e. The van der Waals surface area contributed by atoms with E-state index in [1.165, 1.54) is 46.0 Å². The SMILES string of the molecule is CNC(=O)COC(c1ccc(CC(O)C(O)C(O)C(O)CO)cc1)C(CN(CCN(CC(=O)O)CC(=O)OC(C)(C)C)CC(=O)OC(C)(C)C)N(CC(=O)O)CC(=O)OC(C)(C)C. The average Bonchev–Trinajstić information content (AvgIpc) is 3.12. The fourth-order valence-electron chi connectivity index (χ4n) is 6.14. The van der Waals surface area contributed by atoms with Gasteiger partial charge in [0.2, 0.25) is 5.91 Å². The molecule has 6 unspecified atom stereocenters. The quantitative estimate of drug-likeness (QED) is 0.0385. The molecular formula is C42H70N4O17. The number of aliphatic carboxylic acids is 2. The van der Waals surface area contributed by atoms with Crippen LogP contribution in [0.25, 0.3) is 0 Å². The van der Waals surface area contributed by atoms with Crippen LogP contribution in [-0.2, 0) is 54.1 Å². The number of carbonyl (C=O) groups excluding carboxylic acids is 4. The number of aliphatic hydroxyl groups is 5. The Bertz CT molecular complexity index is 1620. The number of likely N-dealkylation sites (N-methyl/N-ethyl adjacent to an activating group) is 1. The van der Waals surface area contributed by atoms with E-state index in [2.05, 4.69) is 5.32 Å². The Kier molecular flexibility index (Phi) is 23.3. The van der Waals surface area contributed by atoms with Gasteiger partial charge >= 0.3 is 29.8 Å². The summed E-state index contributed by atoms with van der Waals surface area (Å²) in [6.45, 7) is 9.87. The first kappa shape index (κ1) is 56.7. The van der Waals surface area contributed by atoms with E-state index in [1.807, 2.05) is 0 Å². The van der Waals surface area contributed by atoms with Gasteiger partial charge < -0.3 is 60.0 Å². The number of benzene rings is 1. The Morgan fingerprint density at radius 1 is 0.635 bits per heavy atom. The molecule has 360 valence electrons. The molecule has 0 spiro atoms. The molecular weight excluding hydrogens is 832 g/mol. The summed E-state index contributed by atoms with van der Waals surface area (Å²) < 4.78 is 22.8. The van der Waals surface area contributed by atoms with Gasteiger partial charge in [-0.05, 0) is 73.4 Å². The molecule has 0 fully saturated rings. The van der Waals surface area contributed by atoms with Crippen molar-refractivity contribution in [2.24, 2.45) is 0 Å². The average molecular weight is 903 g/mol. The zero-order valence-electron chi connectivity index (χ0n) is 38.1. The number of carbonyl (C=O) groups is 6. The van der Waals surface area contributed by atoms with E-state index in [-0.39, 0.29) is 26.1 Å². The molecule has 0 aliphatic carbocycles. The highest BCUT2D eigenvalue weighted by Gasteiger charge is 2.37. The maximum atomic E-state index is 13.5. The fourth-order valence-corrected chi connectivity index (χ4v) is 6.14. The number of nitrogens with one attached hydrogen (secondary N) is 1. The summed E-state index contributed by atoms with van der Waals surface area (Å²) in [4.78, 5) is 80.9. The van der Waals surface area contributed by atoms with Gasteiger partial charge in [0.1, 0.15) is 41.7 Å². The summed E-state index contributed by atoms with van der Waals surface area (Å²) in [5.41, 5.74) is -2.08. The van der Waals surface area contributed by atoms with Gasteiger partial charge in [-0.15, -0.1) is 0 Å². The predicted molar refractivity (Wildman–Crippen MR) is 225 cm³/mol. The Balaban J connectivity index is 3.99. The van der Waals surface area contributed by atoms with E-state index < -0.39 is 135 Å². The second-order valence-electron chi connectivity index (χ2n) is 18.1. The number of rotatable bonds is 27. The van der Waals surface area contributed by atoms with E-state index in [0.29, 0.717) is 11.1 Å². The second-order valence-corrected chi connectivity index (χ2v) is 18.1. The summed E-state index contributed by atoms with van der Waals surface area (Å²) in [6, 6.07) is 4.86. The number of nitrogens with zero attached hydrogens (tertiary/aromatic N) is 3. The molecule has 21 nitrogen and oxygen atoms in total. The first-order valence-corrected chi connectivity index (χ1v) is 20.5. The maximum Gasteiger partial charge on any atom is 0.320 e. The Labute approximate surface area is 368 Å². The molecule has 8 N–H and O–H groups in total. The Hall–Kier alpha value is -4.32. The molecule has 0 aliphatic heterocycles. The summed E-state index contributed by atoms with van der Waals surface area (Å²) in [7, 11) is 1.37. The zero-order valence-corrected chi connectivity index (χ0v) is 38.1. The number of carboxylic acid groups (broad SMARTS) is 2. The van der Waals surface area contributed by atoms with Gasteiger partial charge in [-0.25, -0.2) is 0 Å². The highest BCUT2D eigenvalue weighted by molar-refractivity contribution is 5.77. The van der Waals surface area contributed by atoms with Crippen molar-refractivity contribution in [3.05, 3.63) is 35.4 Å². The molecule has 1 aromatic rings. The molecule has 1 rings (SSSR count). The van der Waals surface area contributed by atoms with Crippen molar-refractivity contribution in [2.45, 2.75) is 122 Å². The van der Waals surface area contributed by atoms with Gasteiger partial charge in [0.05, 0.1) is 57.6 Å². The van der Waals surface area contributed by atoms with E-state index in [1.54, 1.807) is 62.3 Å². The third-order valence-corrected chi connectivity index (χ3v) is 8.74. The molecule has 0 aromatic heterocycles. The molecule has 0 radical (unpaired) electrons. The number of aliphatic hydroxyl groups excluding tert-OH is 5. The van der Waals surface area contributed by atoms with Crippen LogP contribution in [0.4, 0.5) is 0 Å². The van der Waals surface area contributed by atoms with Gasteiger partial charge in [-0.1, -0.05) is 24.3 Å². The van der Waals surface area contributed by atoms with Crippen molar-refractivity contribution >= 4 is 35.8 Å². The summed E-state index contributed by atoms with van der Waals surface area (Å²) >= 11 is 0. The van der Waals surface area contributed by atoms with Crippen LogP contribution in [0.3, 0.4) is 0 Å². The number of esters is 3. The van der Waals surface area contributed by atoms with E-state index in [4.69, 9.17) is 24.1 Å². The minimum absolute atomic E-state index is 0.128. The summed E-state index contributed by atoms with van der Waals surface area (Å²) in [5.74, 6) is -5.46. The van der Waals surface area contributed by atoms with Crippen molar-refractivity contribution in [3.63, 3.8) is 0 Å². The molecule has 6 atom stereocenters. The van der Waals surface area contributed by atoms with Crippen LogP contribution in [0.15, 0.2) is 24.3 Å². The molecule has 21 heteroatoms. The highest BCUT2D eigenvalue weighted by Crippen LogP contribution is 2.28. The first-order valence-electron chi connectivity index (χ1n) is 20.5. The molecule has 0 aliphatic rings. The van der Waals surface area contributed by atoms with Gasteiger partial charge in [0.15, 0.2) is 0 Å². The predicted octanol–water partition coefficient (Wildman–Crippen LogP) is -1.06. The number of hydrogen-bond donors (Lipinski definition) is 8. The third kappa shape index (κ3) is 23.8. The lowest BCUT2D eigenvalue weighted by atomic mass is 9.95. The van der Waals surface area contributed by atoms with Crippen LogP contribution in [-0.4, -0.2) is 206 Å². The maximum absolute atomic E-state index is 13.5. The van der Waals surface area contributed by atoms with Crippen molar-refractivity contribution < 1.29 is 83.5 Å². The number of carboxylic acids is 2. The van der Waals surface area contributed by atoms with Crippen LogP contribution in [0.1, 0.15) is 79.5 Å². The fraction of sp³-hybridized carbons (Fsp3) is 0.714. The number of amides is 1. The van der Waals surface area contributed by atoms with Crippen LogP contribution >= 0.6 is 0 Å². The van der Waals surface area contributed by atoms with Crippen LogP contribution < -0.4 is 5.32 Å². The number of hydrogen-bond acceptors (Lipinski definition) is 18. The lowest BCUT2D eigenvalue weighted by Crippen LogP contribution is -2.54. The zero-order chi connectivity index (χ0) is 48.5. The lowest BCUT2D eigenvalue weighted by Gasteiger charge is -2.39. The largest absolute Gasteiger partial charge is 0.480 e. The van der Waals surface area contributed by atoms with Crippen LogP contribution in [0.2, 0.25) is 0 Å². The van der Waals surface area contributed by atoms with Gasteiger partial charge in [0, 0.05) is 33.1 Å². The number of ether oxygens (including phenoxy) is 4. The van der Waals surface area contributed by atoms with Crippen molar-refractivity contribution in [1.82, 2.24) is 20.0 Å². The van der Waals surface area contributed by atoms with E-state index >= 15 is 0 Å². The topological polar surface area (TPSA) is 303 Å². The normalized spacial score (nSPS) is 15.3. The van der Waals surface area contributed by atoms with Gasteiger partial charge in [0.25, 0.3) is 0 Å². The lowest BCUT2D eigenvalue weighted by molar-refractivity contribution is -0.161. The summed E-state index contributed by atoms with van der Waals surface area (Å²) in [6.07, 6.45) is -8.54. The van der Waals surface area contributed by atoms with E-state index in [0.717, 1.165) is 0 Å². The molecule has 0 heterocycles. The minimum atomic E-state index is -1.87. The highest BCUT2D eigenvalue weighted by atomic mass is 16.6. The van der Waals surface area contributed by atoms with Crippen molar-refractivity contribution in [1.29, 1.82) is 0 Å². The van der Waals surface area contributed by atoms with Crippen LogP contribution in [0.5, 0.6) is 0 Å². The molecule has 1 amide bonds. The Morgan fingerprint density at radius 3 is 1.52 bits per heavy atom. The van der Waals surface area contributed by atoms with Crippen molar-refractivity contribution in [2.75, 3.05) is 72.6 Å². The molecule has 1 aromatic carbocycles. The standard InChI is InChI=1S/C42H70N4O17/c1-40(2,3)61-34(55)21-44(15-16-45(19-32(51)52)22-35(56)62-41(4,5)6)18-28(46(20-33(53)54)23-36(57)63-42(7,8)9)39(60-25-31(50)43-10)27-13-11-26(12-14-27)17-29(48)37(58)38(59)30(49)24-47/h11-14,28-30,37-39,47-49,58-59H,15-25H2,1-10H3,(H,43,50)(H,51,52)(H,53,54). The molecule has 0 saturated heterocycles. The van der Waals surface area contributed by atoms with Crippen LogP contribution in [0, 0.1) is 0 Å². The molecule has 0 saturated carbocycles. The van der Waals surface area contributed by atoms with E-state index in [9.17, 15) is 59.4 Å². The first-order chi connectivity index (χ1) is 28.9. The molecule has 63 heavy (non-hydrogen) atoms.